The number of rotatable bonds is 4. The number of benzene rings is 1. The number of hydrogen-bond acceptors (Lipinski definition) is 5. The van der Waals surface area contributed by atoms with Crippen molar-refractivity contribution in [3.05, 3.63) is 51.3 Å². The molecular formula is C21H23BrN6O. The average Bonchev–Trinajstić information content (AvgIpc) is 2.93. The maximum Gasteiger partial charge on any atom is 0.271 e. The number of nitrogens with zero attached hydrogens (tertiary/aromatic N) is 4. The molecule has 0 atom stereocenters. The maximum atomic E-state index is 12.3. The van der Waals surface area contributed by atoms with Crippen LogP contribution in [0.1, 0.15) is 40.5 Å². The Morgan fingerprint density at radius 3 is 2.90 bits per heavy atom. The van der Waals surface area contributed by atoms with Gasteiger partial charge < -0.3 is 10.6 Å². The highest BCUT2D eigenvalue weighted by Gasteiger charge is 2.27. The normalized spacial score (nSPS) is 12.7. The average molecular weight is 455 g/mol. The number of hydrogen-bond donors (Lipinski definition) is 2. The first-order valence-electron chi connectivity index (χ1n) is 9.71. The number of amides is 1. The molecule has 0 saturated heterocycles. The molecule has 0 saturated carbocycles. The van der Waals surface area contributed by atoms with Crippen molar-refractivity contribution in [1.82, 2.24) is 25.1 Å². The highest BCUT2D eigenvalue weighted by molar-refractivity contribution is 9.10. The summed E-state index contributed by atoms with van der Waals surface area (Å²) in [6, 6.07) is 6.12. The highest BCUT2D eigenvalue weighted by Crippen LogP contribution is 2.33. The van der Waals surface area contributed by atoms with Crippen LogP contribution in [0.25, 0.3) is 11.4 Å². The van der Waals surface area contributed by atoms with Gasteiger partial charge in [-0.05, 0) is 55.0 Å². The van der Waals surface area contributed by atoms with Crippen molar-refractivity contribution in [2.75, 3.05) is 12.4 Å². The Kier molecular flexibility index (Phi) is 5.36. The van der Waals surface area contributed by atoms with Gasteiger partial charge >= 0.3 is 0 Å². The van der Waals surface area contributed by atoms with E-state index in [1.165, 1.54) is 5.56 Å². The Labute approximate surface area is 178 Å². The van der Waals surface area contributed by atoms with E-state index < -0.39 is 0 Å². The molecule has 0 aliphatic heterocycles. The molecule has 2 heterocycles. The second-order valence-corrected chi connectivity index (χ2v) is 8.00. The summed E-state index contributed by atoms with van der Waals surface area (Å²) in [7, 11) is 3.49. The van der Waals surface area contributed by atoms with Crippen molar-refractivity contribution in [3.63, 3.8) is 0 Å². The van der Waals surface area contributed by atoms with Gasteiger partial charge in [-0.1, -0.05) is 22.9 Å². The molecular weight excluding hydrogens is 432 g/mol. The molecule has 1 amide bonds. The van der Waals surface area contributed by atoms with E-state index in [-0.39, 0.29) is 5.91 Å². The standard InChI is InChI=1S/C21H23BrN6O/c1-4-12-10-14(22)8-9-16(12)25-21-24-11-13-6-5-7-15-18(20(29)23-2)27-28(3)19(15)17(13)26-21/h8-11H,4-7H2,1-3H3,(H,23,29)(H,24,25,26). The van der Waals surface area contributed by atoms with Gasteiger partial charge in [0.2, 0.25) is 5.95 Å². The van der Waals surface area contributed by atoms with Gasteiger partial charge in [-0.15, -0.1) is 0 Å². The lowest BCUT2D eigenvalue weighted by atomic mass is 10.1. The molecule has 0 fully saturated rings. The van der Waals surface area contributed by atoms with Crippen molar-refractivity contribution in [2.45, 2.75) is 32.6 Å². The van der Waals surface area contributed by atoms with Crippen LogP contribution in [0.4, 0.5) is 11.6 Å². The number of aryl methyl sites for hydroxylation is 3. The van der Waals surface area contributed by atoms with Gasteiger partial charge in [0.05, 0.1) is 11.4 Å². The number of carbonyl (C=O) groups is 1. The molecule has 150 valence electrons. The van der Waals surface area contributed by atoms with E-state index in [9.17, 15) is 4.79 Å². The SMILES string of the molecule is CCc1cc(Br)ccc1Nc1ncc2c(n1)-c1c(c(C(=O)NC)nn1C)CCC2. The third-order valence-corrected chi connectivity index (χ3v) is 5.74. The van der Waals surface area contributed by atoms with Gasteiger partial charge in [0.25, 0.3) is 5.91 Å². The molecule has 1 aliphatic carbocycles. The first kappa shape index (κ1) is 19.6. The summed E-state index contributed by atoms with van der Waals surface area (Å²) < 4.78 is 2.81. The van der Waals surface area contributed by atoms with E-state index in [4.69, 9.17) is 4.98 Å². The monoisotopic (exact) mass is 454 g/mol. The van der Waals surface area contributed by atoms with Gasteiger partial charge in [0.15, 0.2) is 5.69 Å². The first-order chi connectivity index (χ1) is 14.0. The van der Waals surface area contributed by atoms with Gasteiger partial charge in [-0.25, -0.2) is 9.97 Å². The minimum Gasteiger partial charge on any atom is -0.354 e. The molecule has 0 radical (unpaired) electrons. The van der Waals surface area contributed by atoms with Crippen LogP contribution >= 0.6 is 15.9 Å². The van der Waals surface area contributed by atoms with E-state index in [1.807, 2.05) is 25.4 Å². The largest absolute Gasteiger partial charge is 0.354 e. The van der Waals surface area contributed by atoms with Crippen LogP contribution in [0.3, 0.4) is 0 Å². The Hall–Kier alpha value is -2.74. The van der Waals surface area contributed by atoms with Crippen LogP contribution in [-0.2, 0) is 26.3 Å². The van der Waals surface area contributed by atoms with Crippen molar-refractivity contribution in [1.29, 1.82) is 0 Å². The van der Waals surface area contributed by atoms with Crippen LogP contribution in [0, 0.1) is 0 Å². The molecule has 3 aromatic rings. The number of fused-ring (bicyclic) bond motifs is 3. The minimum atomic E-state index is -0.167. The Morgan fingerprint density at radius 1 is 1.31 bits per heavy atom. The van der Waals surface area contributed by atoms with Crippen LogP contribution in [0.15, 0.2) is 28.9 Å². The zero-order valence-electron chi connectivity index (χ0n) is 16.7. The van der Waals surface area contributed by atoms with E-state index >= 15 is 0 Å². The second-order valence-electron chi connectivity index (χ2n) is 7.08. The molecule has 0 spiro atoms. The van der Waals surface area contributed by atoms with Gasteiger partial charge in [0.1, 0.15) is 0 Å². The lowest BCUT2D eigenvalue weighted by Gasteiger charge is -2.13. The zero-order chi connectivity index (χ0) is 20.5. The predicted molar refractivity (Wildman–Crippen MR) is 116 cm³/mol. The lowest BCUT2D eigenvalue weighted by Crippen LogP contribution is -2.20. The maximum absolute atomic E-state index is 12.3. The van der Waals surface area contributed by atoms with E-state index in [0.717, 1.165) is 58.4 Å². The molecule has 4 rings (SSSR count). The molecule has 0 bridgehead atoms. The van der Waals surface area contributed by atoms with Gasteiger partial charge in [-0.2, -0.15) is 5.10 Å². The van der Waals surface area contributed by atoms with Gasteiger partial charge in [0, 0.05) is 36.0 Å². The summed E-state index contributed by atoms with van der Waals surface area (Å²) in [4.78, 5) is 21.7. The first-order valence-corrected chi connectivity index (χ1v) is 10.5. The molecule has 0 unspecified atom stereocenters. The van der Waals surface area contributed by atoms with Crippen molar-refractivity contribution in [2.24, 2.45) is 7.05 Å². The Bertz CT molecular complexity index is 1090. The summed E-state index contributed by atoms with van der Waals surface area (Å²) in [6.07, 6.45) is 5.37. The second kappa shape index (κ2) is 7.94. The third-order valence-electron chi connectivity index (χ3n) is 5.24. The van der Waals surface area contributed by atoms with Crippen LogP contribution in [0.5, 0.6) is 0 Å². The fraction of sp³-hybridized carbons (Fsp3) is 0.333. The Balaban J connectivity index is 1.79. The highest BCUT2D eigenvalue weighted by atomic mass is 79.9. The summed E-state index contributed by atoms with van der Waals surface area (Å²) in [6.45, 7) is 2.12. The molecule has 1 aromatic carbocycles. The summed E-state index contributed by atoms with van der Waals surface area (Å²) in [5.74, 6) is 0.372. The van der Waals surface area contributed by atoms with Gasteiger partial charge in [-0.3, -0.25) is 9.48 Å². The molecule has 7 nitrogen and oxygen atoms in total. The number of aromatic nitrogens is 4. The van der Waals surface area contributed by atoms with E-state index in [0.29, 0.717) is 11.6 Å². The fourth-order valence-corrected chi connectivity index (χ4v) is 4.22. The van der Waals surface area contributed by atoms with E-state index in [2.05, 4.69) is 49.6 Å². The number of halogens is 1. The third kappa shape index (κ3) is 3.64. The quantitative estimate of drug-likeness (QED) is 0.626. The molecule has 8 heteroatoms. The molecule has 29 heavy (non-hydrogen) atoms. The Morgan fingerprint density at radius 2 is 2.14 bits per heavy atom. The fourth-order valence-electron chi connectivity index (χ4n) is 3.81. The van der Waals surface area contributed by atoms with Crippen LogP contribution in [-0.4, -0.2) is 32.7 Å². The number of carbonyl (C=O) groups excluding carboxylic acids is 1. The topological polar surface area (TPSA) is 84.7 Å². The summed E-state index contributed by atoms with van der Waals surface area (Å²) in [5.41, 5.74) is 6.41. The molecule has 1 aliphatic rings. The van der Waals surface area contributed by atoms with Crippen molar-refractivity contribution in [3.8, 4) is 11.4 Å². The zero-order valence-corrected chi connectivity index (χ0v) is 18.3. The summed E-state index contributed by atoms with van der Waals surface area (Å²) in [5, 5.41) is 10.5. The number of anilines is 2. The predicted octanol–water partition coefficient (Wildman–Crippen LogP) is 3.79. The van der Waals surface area contributed by atoms with E-state index in [1.54, 1.807) is 11.7 Å². The lowest BCUT2D eigenvalue weighted by molar-refractivity contribution is 0.0956. The summed E-state index contributed by atoms with van der Waals surface area (Å²) >= 11 is 3.52. The van der Waals surface area contributed by atoms with Crippen molar-refractivity contribution < 1.29 is 4.79 Å². The molecule has 2 aromatic heterocycles. The minimum absolute atomic E-state index is 0.167. The van der Waals surface area contributed by atoms with Crippen molar-refractivity contribution >= 4 is 33.5 Å². The smallest absolute Gasteiger partial charge is 0.271 e. The number of nitrogens with one attached hydrogen (secondary N) is 2. The van der Waals surface area contributed by atoms with Crippen LogP contribution < -0.4 is 10.6 Å². The van der Waals surface area contributed by atoms with Crippen LogP contribution in [0.2, 0.25) is 0 Å². The molecule has 2 N–H and O–H groups in total.